The van der Waals surface area contributed by atoms with Gasteiger partial charge in [0.15, 0.2) is 0 Å². The second-order valence-corrected chi connectivity index (χ2v) is 6.73. The predicted octanol–water partition coefficient (Wildman–Crippen LogP) is 4.05. The van der Waals surface area contributed by atoms with Gasteiger partial charge in [-0.1, -0.05) is 31.5 Å². The molecule has 21 heavy (non-hydrogen) atoms. The average Bonchev–Trinajstić information content (AvgIpc) is 2.45. The summed E-state index contributed by atoms with van der Waals surface area (Å²) in [5.41, 5.74) is 4.29. The number of hydrogen-bond acceptors (Lipinski definition) is 2. The first-order valence-corrected chi connectivity index (χ1v) is 8.63. The lowest BCUT2D eigenvalue weighted by Gasteiger charge is -2.37. The van der Waals surface area contributed by atoms with Crippen LogP contribution in [0.4, 0.5) is 0 Å². The minimum absolute atomic E-state index is 0.625. The molecule has 0 bridgehead atoms. The molecule has 1 saturated heterocycles. The molecule has 0 radical (unpaired) electrons. The van der Waals surface area contributed by atoms with Crippen molar-refractivity contribution in [1.29, 1.82) is 0 Å². The van der Waals surface area contributed by atoms with Crippen LogP contribution in [0.1, 0.15) is 56.2 Å². The Bertz CT molecular complexity index is 441. The monoisotopic (exact) mass is 288 g/mol. The summed E-state index contributed by atoms with van der Waals surface area (Å²) >= 11 is 0. The van der Waals surface area contributed by atoms with Gasteiger partial charge >= 0.3 is 0 Å². The Morgan fingerprint density at radius 1 is 1.24 bits per heavy atom. The average molecular weight is 288 g/mol. The van der Waals surface area contributed by atoms with Gasteiger partial charge in [-0.15, -0.1) is 0 Å². The van der Waals surface area contributed by atoms with Crippen molar-refractivity contribution in [3.63, 3.8) is 0 Å². The van der Waals surface area contributed by atoms with Crippen LogP contribution in [-0.2, 0) is 6.54 Å². The van der Waals surface area contributed by atoms with Gasteiger partial charge in [0.05, 0.1) is 0 Å². The van der Waals surface area contributed by atoms with Gasteiger partial charge in [0, 0.05) is 18.6 Å². The summed E-state index contributed by atoms with van der Waals surface area (Å²) < 4.78 is 0. The Kier molecular flexibility index (Phi) is 6.25. The maximum atomic E-state index is 3.57. The van der Waals surface area contributed by atoms with Crippen molar-refractivity contribution in [3.8, 4) is 0 Å². The lowest BCUT2D eigenvalue weighted by Crippen LogP contribution is -2.43. The van der Waals surface area contributed by atoms with Crippen LogP contribution in [0.5, 0.6) is 0 Å². The van der Waals surface area contributed by atoms with E-state index in [1.54, 1.807) is 0 Å². The molecule has 1 aliphatic heterocycles. The molecule has 2 heteroatoms. The van der Waals surface area contributed by atoms with Gasteiger partial charge in [-0.05, 0) is 69.8 Å². The molecule has 1 heterocycles. The molecule has 1 aromatic rings. The molecule has 1 aromatic carbocycles. The van der Waals surface area contributed by atoms with Crippen LogP contribution >= 0.6 is 0 Å². The molecule has 2 rings (SSSR count). The SMILES string of the molecule is CCNC(C)CC1CCCCN1Cc1ccc(C)c(C)c1. The molecule has 1 aliphatic rings. The Morgan fingerprint density at radius 2 is 2.05 bits per heavy atom. The maximum absolute atomic E-state index is 3.57. The predicted molar refractivity (Wildman–Crippen MR) is 91.7 cm³/mol. The molecule has 0 aromatic heterocycles. The van der Waals surface area contributed by atoms with Crippen molar-refractivity contribution in [2.24, 2.45) is 0 Å². The second kappa shape index (κ2) is 7.95. The van der Waals surface area contributed by atoms with E-state index in [-0.39, 0.29) is 0 Å². The molecule has 2 unspecified atom stereocenters. The number of aryl methyl sites for hydroxylation is 2. The number of rotatable bonds is 6. The minimum atomic E-state index is 0.625. The standard InChI is InChI=1S/C19H32N2/c1-5-20-17(4)13-19-8-6-7-11-21(19)14-18-10-9-15(2)16(3)12-18/h9-10,12,17,19-20H,5-8,11,13-14H2,1-4H3. The van der Waals surface area contributed by atoms with Gasteiger partial charge in [-0.3, -0.25) is 4.90 Å². The third-order valence-electron chi connectivity index (χ3n) is 4.88. The summed E-state index contributed by atoms with van der Waals surface area (Å²) in [6, 6.07) is 8.32. The van der Waals surface area contributed by atoms with Crippen LogP contribution in [0.3, 0.4) is 0 Å². The van der Waals surface area contributed by atoms with Gasteiger partial charge < -0.3 is 5.32 Å². The van der Waals surface area contributed by atoms with Crippen molar-refractivity contribution in [2.75, 3.05) is 13.1 Å². The van der Waals surface area contributed by atoms with Crippen LogP contribution in [-0.4, -0.2) is 30.1 Å². The van der Waals surface area contributed by atoms with Crippen molar-refractivity contribution < 1.29 is 0 Å². The summed E-state index contributed by atoms with van der Waals surface area (Å²) in [6.07, 6.45) is 5.39. The fourth-order valence-corrected chi connectivity index (χ4v) is 3.51. The van der Waals surface area contributed by atoms with Crippen molar-refractivity contribution in [2.45, 2.75) is 72.0 Å². The molecular weight excluding hydrogens is 256 g/mol. The lowest BCUT2D eigenvalue weighted by molar-refractivity contribution is 0.124. The zero-order chi connectivity index (χ0) is 15.2. The first kappa shape index (κ1) is 16.5. The van der Waals surface area contributed by atoms with Crippen molar-refractivity contribution in [1.82, 2.24) is 10.2 Å². The summed E-state index contributed by atoms with van der Waals surface area (Å²) in [5.74, 6) is 0. The van der Waals surface area contributed by atoms with Gasteiger partial charge in [-0.25, -0.2) is 0 Å². The van der Waals surface area contributed by atoms with Crippen LogP contribution in [0.25, 0.3) is 0 Å². The highest BCUT2D eigenvalue weighted by Crippen LogP contribution is 2.23. The minimum Gasteiger partial charge on any atom is -0.314 e. The number of benzene rings is 1. The Labute approximate surface area is 130 Å². The fraction of sp³-hybridized carbons (Fsp3) is 0.684. The Balaban J connectivity index is 1.99. The van der Waals surface area contributed by atoms with E-state index in [1.807, 2.05) is 0 Å². The first-order valence-electron chi connectivity index (χ1n) is 8.63. The molecule has 0 amide bonds. The number of hydrogen-bond donors (Lipinski definition) is 1. The third kappa shape index (κ3) is 4.82. The molecule has 0 aliphatic carbocycles. The van der Waals surface area contributed by atoms with Crippen LogP contribution in [0, 0.1) is 13.8 Å². The van der Waals surface area contributed by atoms with E-state index < -0.39 is 0 Å². The molecule has 0 saturated carbocycles. The van der Waals surface area contributed by atoms with Crippen molar-refractivity contribution >= 4 is 0 Å². The zero-order valence-corrected chi connectivity index (χ0v) is 14.3. The van der Waals surface area contributed by atoms with Gasteiger partial charge in [0.1, 0.15) is 0 Å². The van der Waals surface area contributed by atoms with E-state index in [0.717, 1.165) is 19.1 Å². The van der Waals surface area contributed by atoms with Gasteiger partial charge in [0.2, 0.25) is 0 Å². The molecule has 2 atom stereocenters. The highest BCUT2D eigenvalue weighted by molar-refractivity contribution is 5.29. The Hall–Kier alpha value is -0.860. The molecule has 0 spiro atoms. The first-order chi connectivity index (χ1) is 10.1. The summed E-state index contributed by atoms with van der Waals surface area (Å²) in [7, 11) is 0. The largest absolute Gasteiger partial charge is 0.314 e. The van der Waals surface area contributed by atoms with E-state index in [1.165, 1.54) is 48.9 Å². The molecular formula is C19H32N2. The van der Waals surface area contributed by atoms with Crippen LogP contribution in [0.2, 0.25) is 0 Å². The topological polar surface area (TPSA) is 15.3 Å². The second-order valence-electron chi connectivity index (χ2n) is 6.73. The molecule has 1 fully saturated rings. The highest BCUT2D eigenvalue weighted by atomic mass is 15.2. The maximum Gasteiger partial charge on any atom is 0.0236 e. The molecule has 1 N–H and O–H groups in total. The van der Waals surface area contributed by atoms with Crippen LogP contribution in [0.15, 0.2) is 18.2 Å². The number of nitrogens with one attached hydrogen (secondary N) is 1. The molecule has 2 nitrogen and oxygen atoms in total. The quantitative estimate of drug-likeness (QED) is 0.849. The van der Waals surface area contributed by atoms with E-state index in [2.05, 4.69) is 56.1 Å². The van der Waals surface area contributed by atoms with Crippen LogP contribution < -0.4 is 5.32 Å². The zero-order valence-electron chi connectivity index (χ0n) is 14.3. The van der Waals surface area contributed by atoms with E-state index >= 15 is 0 Å². The summed E-state index contributed by atoms with van der Waals surface area (Å²) in [6.45, 7) is 12.4. The highest BCUT2D eigenvalue weighted by Gasteiger charge is 2.23. The number of piperidine rings is 1. The van der Waals surface area contributed by atoms with E-state index in [9.17, 15) is 0 Å². The summed E-state index contributed by atoms with van der Waals surface area (Å²) in [4.78, 5) is 2.71. The van der Waals surface area contributed by atoms with Gasteiger partial charge in [-0.2, -0.15) is 0 Å². The van der Waals surface area contributed by atoms with Gasteiger partial charge in [0.25, 0.3) is 0 Å². The Morgan fingerprint density at radius 3 is 2.76 bits per heavy atom. The van der Waals surface area contributed by atoms with E-state index in [0.29, 0.717) is 6.04 Å². The molecule has 118 valence electrons. The fourth-order valence-electron chi connectivity index (χ4n) is 3.51. The van der Waals surface area contributed by atoms with Crippen molar-refractivity contribution in [3.05, 3.63) is 34.9 Å². The normalized spacial score (nSPS) is 21.4. The smallest absolute Gasteiger partial charge is 0.0236 e. The lowest BCUT2D eigenvalue weighted by atomic mass is 9.95. The summed E-state index contributed by atoms with van der Waals surface area (Å²) in [5, 5.41) is 3.57. The number of likely N-dealkylation sites (tertiary alicyclic amines) is 1. The third-order valence-corrected chi connectivity index (χ3v) is 4.88. The number of nitrogens with zero attached hydrogens (tertiary/aromatic N) is 1. The van der Waals surface area contributed by atoms with E-state index in [4.69, 9.17) is 0 Å².